The molecular formula is C34H41ClN8O4S. The summed E-state index contributed by atoms with van der Waals surface area (Å²) in [5, 5.41) is 14.7. The highest BCUT2D eigenvalue weighted by molar-refractivity contribution is 7.99. The van der Waals surface area contributed by atoms with Crippen molar-refractivity contribution >= 4 is 40.7 Å². The molecule has 14 heteroatoms. The van der Waals surface area contributed by atoms with Gasteiger partial charge in [-0.2, -0.15) is 0 Å². The van der Waals surface area contributed by atoms with Crippen LogP contribution in [0.15, 0.2) is 52.6 Å². The Labute approximate surface area is 289 Å². The first-order valence-electron chi connectivity index (χ1n) is 16.4. The van der Waals surface area contributed by atoms with Crippen molar-refractivity contribution in [3.8, 4) is 17.0 Å². The minimum atomic E-state index is -0.218. The van der Waals surface area contributed by atoms with Crippen molar-refractivity contribution < 1.29 is 19.4 Å². The number of aryl methyl sites for hydroxylation is 1. The molecule has 3 saturated heterocycles. The Balaban J connectivity index is 1.03. The Bertz CT molecular complexity index is 1790. The van der Waals surface area contributed by atoms with Crippen LogP contribution in [-0.2, 0) is 16.1 Å². The molecule has 12 nitrogen and oxygen atoms in total. The summed E-state index contributed by atoms with van der Waals surface area (Å²) in [6.45, 7) is 9.06. The van der Waals surface area contributed by atoms with Crippen LogP contribution in [0.2, 0.25) is 5.02 Å². The summed E-state index contributed by atoms with van der Waals surface area (Å²) in [6, 6.07) is 9.50. The molecule has 0 saturated carbocycles. The summed E-state index contributed by atoms with van der Waals surface area (Å²) in [6.07, 6.45) is 5.75. The van der Waals surface area contributed by atoms with Gasteiger partial charge in [-0.1, -0.05) is 23.4 Å². The molecule has 2 atom stereocenters. The van der Waals surface area contributed by atoms with Crippen LogP contribution in [0.4, 0.5) is 5.82 Å². The SMILES string of the molecule is Cc1nc(N2CCC3(CC2)CO[C@@H](C)[C@H]3N)c(CO)nc1Sc1ccn2cc(-c3ccc(OCC(=O)N4CCNCC4)cc3)nc2c1Cl. The number of aliphatic hydroxyl groups is 1. The Morgan fingerprint density at radius 2 is 1.90 bits per heavy atom. The standard InChI is InChI=1S/C34H41ClN8O4S/c1-21-33(40-26(18-44)31(38-21)42-13-8-34(9-14-42)20-47-22(2)30(34)36)48-27-7-12-43-17-25(39-32(43)29(27)35)23-3-5-24(6-4-23)46-19-28(45)41-15-10-37-11-16-41/h3-7,12,17,22,30,37,44H,8-11,13-16,18-20,36H2,1-2H3/t22-,30+/m0/s1. The summed E-state index contributed by atoms with van der Waals surface area (Å²) in [5.41, 5.74) is 10.1. The maximum atomic E-state index is 12.4. The van der Waals surface area contributed by atoms with E-state index in [0.29, 0.717) is 46.8 Å². The molecule has 48 heavy (non-hydrogen) atoms. The summed E-state index contributed by atoms with van der Waals surface area (Å²) < 4.78 is 13.5. The number of carbonyl (C=O) groups excluding carboxylic acids is 1. The van der Waals surface area contributed by atoms with Crippen molar-refractivity contribution in [2.75, 3.05) is 57.4 Å². The van der Waals surface area contributed by atoms with Gasteiger partial charge in [-0.15, -0.1) is 0 Å². The number of halogens is 1. The number of nitrogens with zero attached hydrogens (tertiary/aromatic N) is 6. The fourth-order valence-electron chi connectivity index (χ4n) is 6.81. The number of nitrogens with one attached hydrogen (secondary N) is 1. The van der Waals surface area contributed by atoms with E-state index in [4.69, 9.17) is 41.8 Å². The first-order chi connectivity index (χ1) is 23.2. The van der Waals surface area contributed by atoms with Gasteiger partial charge in [-0.25, -0.2) is 15.0 Å². The zero-order chi connectivity index (χ0) is 33.4. The molecule has 3 aliphatic rings. The second-order valence-electron chi connectivity index (χ2n) is 12.8. The van der Waals surface area contributed by atoms with Gasteiger partial charge in [0.05, 0.1) is 35.7 Å². The van der Waals surface area contributed by atoms with Gasteiger partial charge in [0.2, 0.25) is 0 Å². The molecule has 0 bridgehead atoms. The average Bonchev–Trinajstić information content (AvgIpc) is 3.68. The molecule has 3 aromatic heterocycles. The average molecular weight is 693 g/mol. The molecular weight excluding hydrogens is 652 g/mol. The molecule has 1 amide bonds. The number of amides is 1. The molecule has 0 unspecified atom stereocenters. The number of hydrogen-bond donors (Lipinski definition) is 3. The third-order valence-corrected chi connectivity index (χ3v) is 11.5. The van der Waals surface area contributed by atoms with E-state index in [1.54, 1.807) is 0 Å². The lowest BCUT2D eigenvalue weighted by molar-refractivity contribution is -0.133. The largest absolute Gasteiger partial charge is 0.484 e. The fraction of sp³-hybridized carbons (Fsp3) is 0.471. The summed E-state index contributed by atoms with van der Waals surface area (Å²) >= 11 is 8.33. The second-order valence-corrected chi connectivity index (χ2v) is 14.2. The number of fused-ring (bicyclic) bond motifs is 1. The van der Waals surface area contributed by atoms with Gasteiger partial charge in [0.25, 0.3) is 5.91 Å². The molecule has 7 rings (SSSR count). The minimum Gasteiger partial charge on any atom is -0.484 e. The van der Waals surface area contributed by atoms with E-state index in [1.165, 1.54) is 11.8 Å². The van der Waals surface area contributed by atoms with Crippen LogP contribution in [0.5, 0.6) is 5.75 Å². The normalized spacial score (nSPS) is 20.9. The topological polar surface area (TPSA) is 143 Å². The van der Waals surface area contributed by atoms with Crippen molar-refractivity contribution in [3.63, 3.8) is 0 Å². The number of nitrogens with two attached hydrogens (primary N) is 1. The Morgan fingerprint density at radius 3 is 2.58 bits per heavy atom. The van der Waals surface area contributed by atoms with Gasteiger partial charge in [-0.3, -0.25) is 4.79 Å². The number of hydrogen-bond acceptors (Lipinski definition) is 11. The van der Waals surface area contributed by atoms with Crippen LogP contribution in [0.25, 0.3) is 16.9 Å². The smallest absolute Gasteiger partial charge is 0.260 e. The number of pyridine rings is 1. The third-order valence-electron chi connectivity index (χ3n) is 9.85. The van der Waals surface area contributed by atoms with Crippen molar-refractivity contribution in [1.82, 2.24) is 29.6 Å². The Hall–Kier alpha value is -3.46. The quantitative estimate of drug-likeness (QED) is 0.250. The summed E-state index contributed by atoms with van der Waals surface area (Å²) in [4.78, 5) is 31.9. The third kappa shape index (κ3) is 6.47. The number of piperidine rings is 1. The first kappa shape index (κ1) is 33.1. The number of anilines is 1. The highest BCUT2D eigenvalue weighted by Gasteiger charge is 2.47. The molecule has 0 radical (unpaired) electrons. The lowest BCUT2D eigenvalue weighted by Crippen LogP contribution is -2.51. The van der Waals surface area contributed by atoms with E-state index >= 15 is 0 Å². The van der Waals surface area contributed by atoms with E-state index in [9.17, 15) is 9.90 Å². The van der Waals surface area contributed by atoms with Gasteiger partial charge in [0, 0.05) is 73.6 Å². The van der Waals surface area contributed by atoms with Crippen LogP contribution < -0.4 is 20.7 Å². The zero-order valence-corrected chi connectivity index (χ0v) is 28.8. The number of ether oxygens (including phenoxy) is 2. The Kier molecular flexibility index (Phi) is 9.51. The van der Waals surface area contributed by atoms with E-state index in [2.05, 4.69) is 10.2 Å². The van der Waals surface area contributed by atoms with E-state index in [1.807, 2.05) is 65.9 Å². The number of aliphatic hydroxyl groups excluding tert-OH is 1. The molecule has 4 N–H and O–H groups in total. The number of piperazine rings is 1. The molecule has 3 fully saturated rings. The number of imidazole rings is 1. The van der Waals surface area contributed by atoms with Gasteiger partial charge >= 0.3 is 0 Å². The predicted octanol–water partition coefficient (Wildman–Crippen LogP) is 3.54. The summed E-state index contributed by atoms with van der Waals surface area (Å²) in [5.74, 6) is 1.33. The Morgan fingerprint density at radius 1 is 1.15 bits per heavy atom. The summed E-state index contributed by atoms with van der Waals surface area (Å²) in [7, 11) is 0. The lowest BCUT2D eigenvalue weighted by Gasteiger charge is -2.42. The fourth-order valence-corrected chi connectivity index (χ4v) is 8.00. The van der Waals surface area contributed by atoms with Crippen molar-refractivity contribution in [2.24, 2.45) is 11.1 Å². The van der Waals surface area contributed by atoms with Gasteiger partial charge in [0.1, 0.15) is 16.5 Å². The molecule has 0 aliphatic carbocycles. The molecule has 1 aromatic carbocycles. The van der Waals surface area contributed by atoms with Gasteiger partial charge < -0.3 is 39.8 Å². The van der Waals surface area contributed by atoms with Crippen LogP contribution in [0.1, 0.15) is 31.2 Å². The zero-order valence-electron chi connectivity index (χ0n) is 27.2. The molecule has 3 aliphatic heterocycles. The highest BCUT2D eigenvalue weighted by atomic mass is 35.5. The number of rotatable bonds is 8. The molecule has 254 valence electrons. The van der Waals surface area contributed by atoms with E-state index in [0.717, 1.165) is 66.7 Å². The van der Waals surface area contributed by atoms with E-state index in [-0.39, 0.29) is 36.7 Å². The van der Waals surface area contributed by atoms with Crippen molar-refractivity contribution in [2.45, 2.75) is 55.4 Å². The molecule has 1 spiro atoms. The highest BCUT2D eigenvalue weighted by Crippen LogP contribution is 2.43. The molecule has 4 aromatic rings. The van der Waals surface area contributed by atoms with Crippen LogP contribution in [0.3, 0.4) is 0 Å². The maximum Gasteiger partial charge on any atom is 0.260 e. The maximum absolute atomic E-state index is 12.4. The lowest BCUT2D eigenvalue weighted by atomic mass is 9.73. The number of aromatic nitrogens is 4. The molecule has 6 heterocycles. The van der Waals surface area contributed by atoms with Crippen molar-refractivity contribution in [3.05, 3.63) is 59.1 Å². The minimum absolute atomic E-state index is 0.0000324. The number of carbonyl (C=O) groups is 1. The van der Waals surface area contributed by atoms with Crippen LogP contribution in [0, 0.1) is 12.3 Å². The van der Waals surface area contributed by atoms with Crippen LogP contribution in [-0.4, -0.2) is 99.9 Å². The van der Waals surface area contributed by atoms with Gasteiger partial charge in [0.15, 0.2) is 18.1 Å². The van der Waals surface area contributed by atoms with Crippen LogP contribution >= 0.6 is 23.4 Å². The second kappa shape index (κ2) is 13.8. The van der Waals surface area contributed by atoms with Crippen molar-refractivity contribution in [1.29, 1.82) is 0 Å². The monoisotopic (exact) mass is 692 g/mol. The first-order valence-corrected chi connectivity index (χ1v) is 17.6. The predicted molar refractivity (Wildman–Crippen MR) is 185 cm³/mol. The van der Waals surface area contributed by atoms with E-state index < -0.39 is 0 Å². The van der Waals surface area contributed by atoms with Gasteiger partial charge in [-0.05, 0) is 57.0 Å². The number of benzene rings is 1.